The fourth-order valence-corrected chi connectivity index (χ4v) is 2.09. The number of benzene rings is 1. The van der Waals surface area contributed by atoms with Gasteiger partial charge in [-0.15, -0.1) is 0 Å². The van der Waals surface area contributed by atoms with Crippen molar-refractivity contribution < 1.29 is 9.18 Å². The Kier molecular flexibility index (Phi) is 6.96. The Morgan fingerprint density at radius 2 is 1.83 bits per heavy atom. The molecular formula is C15H20ClFO. The highest BCUT2D eigenvalue weighted by Gasteiger charge is 2.13. The van der Waals surface area contributed by atoms with Crippen molar-refractivity contribution in [1.29, 1.82) is 0 Å². The van der Waals surface area contributed by atoms with E-state index < -0.39 is 5.82 Å². The lowest BCUT2D eigenvalue weighted by Gasteiger charge is -2.04. The van der Waals surface area contributed by atoms with Crippen LogP contribution in [-0.2, 0) is 0 Å². The number of hydrogen-bond donors (Lipinski definition) is 0. The molecule has 0 heterocycles. The molecule has 0 radical (unpaired) electrons. The Bertz CT molecular complexity index is 390. The number of carbonyl (C=O) groups is 1. The second-order valence-electron chi connectivity index (χ2n) is 4.54. The Balaban J connectivity index is 2.35. The van der Waals surface area contributed by atoms with Crippen molar-refractivity contribution in [2.24, 2.45) is 0 Å². The van der Waals surface area contributed by atoms with Crippen LogP contribution in [-0.4, -0.2) is 5.78 Å². The zero-order chi connectivity index (χ0) is 13.4. The lowest BCUT2D eigenvalue weighted by molar-refractivity contribution is 0.0975. The van der Waals surface area contributed by atoms with Crippen molar-refractivity contribution in [2.45, 2.75) is 51.9 Å². The maximum absolute atomic E-state index is 13.6. The van der Waals surface area contributed by atoms with Gasteiger partial charge in [-0.25, -0.2) is 4.39 Å². The van der Waals surface area contributed by atoms with E-state index >= 15 is 0 Å². The molecule has 0 spiro atoms. The van der Waals surface area contributed by atoms with Crippen molar-refractivity contribution in [3.63, 3.8) is 0 Å². The molecule has 0 aliphatic rings. The molecule has 1 rings (SSSR count). The van der Waals surface area contributed by atoms with Crippen LogP contribution in [0.5, 0.6) is 0 Å². The van der Waals surface area contributed by atoms with E-state index in [-0.39, 0.29) is 16.4 Å². The van der Waals surface area contributed by atoms with Gasteiger partial charge in [-0.2, -0.15) is 0 Å². The molecule has 0 bridgehead atoms. The third-order valence-corrected chi connectivity index (χ3v) is 3.30. The van der Waals surface area contributed by atoms with E-state index in [9.17, 15) is 9.18 Å². The molecule has 18 heavy (non-hydrogen) atoms. The molecule has 0 saturated carbocycles. The van der Waals surface area contributed by atoms with Gasteiger partial charge in [0, 0.05) is 6.42 Å². The Morgan fingerprint density at radius 1 is 1.17 bits per heavy atom. The van der Waals surface area contributed by atoms with Crippen molar-refractivity contribution in [1.82, 2.24) is 0 Å². The van der Waals surface area contributed by atoms with Gasteiger partial charge < -0.3 is 0 Å². The van der Waals surface area contributed by atoms with Crippen LogP contribution in [0.2, 0.25) is 5.02 Å². The molecule has 0 aromatic heterocycles. The summed E-state index contributed by atoms with van der Waals surface area (Å²) in [5, 5.41) is 0.0174. The van der Waals surface area contributed by atoms with Crippen LogP contribution in [0.3, 0.4) is 0 Å². The molecule has 1 aromatic carbocycles. The number of hydrogen-bond acceptors (Lipinski definition) is 1. The average molecular weight is 271 g/mol. The van der Waals surface area contributed by atoms with Gasteiger partial charge in [0.25, 0.3) is 0 Å². The highest BCUT2D eigenvalue weighted by Crippen LogP contribution is 2.20. The number of ketones is 1. The van der Waals surface area contributed by atoms with Gasteiger partial charge in [0.05, 0.1) is 10.6 Å². The van der Waals surface area contributed by atoms with Gasteiger partial charge >= 0.3 is 0 Å². The van der Waals surface area contributed by atoms with Gasteiger partial charge in [0.2, 0.25) is 0 Å². The molecular weight excluding hydrogens is 251 g/mol. The number of carbonyl (C=O) groups excluding carboxylic acids is 1. The van der Waals surface area contributed by atoms with E-state index in [4.69, 9.17) is 11.6 Å². The standard InChI is InChI=1S/C15H20ClFO/c1-2-3-4-5-6-7-11-14(18)12-9-8-10-13(16)15(12)17/h8-10H,2-7,11H2,1H3. The zero-order valence-electron chi connectivity index (χ0n) is 10.8. The fraction of sp³-hybridized carbons (Fsp3) is 0.533. The average Bonchev–Trinajstić information content (AvgIpc) is 2.36. The van der Waals surface area contributed by atoms with Crippen LogP contribution < -0.4 is 0 Å². The van der Waals surface area contributed by atoms with Gasteiger partial charge in [-0.1, -0.05) is 56.7 Å². The largest absolute Gasteiger partial charge is 0.294 e. The van der Waals surface area contributed by atoms with Gasteiger partial charge in [-0.3, -0.25) is 4.79 Å². The predicted octanol–water partition coefficient (Wildman–Crippen LogP) is 5.41. The first-order valence-corrected chi connectivity index (χ1v) is 7.01. The molecule has 0 aliphatic heterocycles. The number of Topliss-reactive ketones (excluding diaryl/α,β-unsaturated/α-hetero) is 1. The van der Waals surface area contributed by atoms with Gasteiger partial charge in [-0.05, 0) is 18.6 Å². The molecule has 0 unspecified atom stereocenters. The van der Waals surface area contributed by atoms with Crippen molar-refractivity contribution in [2.75, 3.05) is 0 Å². The van der Waals surface area contributed by atoms with E-state index in [1.807, 2.05) is 0 Å². The second-order valence-corrected chi connectivity index (χ2v) is 4.95. The van der Waals surface area contributed by atoms with E-state index in [2.05, 4.69) is 6.92 Å². The van der Waals surface area contributed by atoms with Gasteiger partial charge in [0.15, 0.2) is 11.6 Å². The number of unbranched alkanes of at least 4 members (excludes halogenated alkanes) is 5. The highest BCUT2D eigenvalue weighted by atomic mass is 35.5. The third-order valence-electron chi connectivity index (χ3n) is 3.01. The van der Waals surface area contributed by atoms with Crippen LogP contribution in [0.25, 0.3) is 0 Å². The molecule has 0 N–H and O–H groups in total. The maximum Gasteiger partial charge on any atom is 0.165 e. The minimum atomic E-state index is -0.588. The van der Waals surface area contributed by atoms with E-state index in [1.165, 1.54) is 31.4 Å². The zero-order valence-corrected chi connectivity index (χ0v) is 11.6. The highest BCUT2D eigenvalue weighted by molar-refractivity contribution is 6.31. The minimum Gasteiger partial charge on any atom is -0.294 e. The van der Waals surface area contributed by atoms with Crippen LogP contribution in [0, 0.1) is 5.82 Å². The lowest BCUT2D eigenvalue weighted by Crippen LogP contribution is -2.02. The predicted molar refractivity (Wildman–Crippen MR) is 73.7 cm³/mol. The molecule has 0 atom stereocenters. The molecule has 0 fully saturated rings. The first-order chi connectivity index (χ1) is 8.66. The summed E-state index contributed by atoms with van der Waals surface area (Å²) in [5.41, 5.74) is 0.121. The quantitative estimate of drug-likeness (QED) is 0.456. The minimum absolute atomic E-state index is 0.0174. The van der Waals surface area contributed by atoms with Crippen molar-refractivity contribution >= 4 is 17.4 Å². The van der Waals surface area contributed by atoms with Crippen LogP contribution in [0.1, 0.15) is 62.2 Å². The first-order valence-electron chi connectivity index (χ1n) is 6.64. The SMILES string of the molecule is CCCCCCCCC(=O)c1cccc(Cl)c1F. The molecule has 0 saturated heterocycles. The van der Waals surface area contributed by atoms with E-state index in [1.54, 1.807) is 6.07 Å². The normalized spacial score (nSPS) is 10.6. The van der Waals surface area contributed by atoms with Crippen LogP contribution in [0.4, 0.5) is 4.39 Å². The molecule has 1 aromatic rings. The summed E-state index contributed by atoms with van der Waals surface area (Å²) < 4.78 is 13.6. The summed E-state index contributed by atoms with van der Waals surface area (Å²) in [7, 11) is 0. The molecule has 0 aliphatic carbocycles. The van der Waals surface area contributed by atoms with E-state index in [0.29, 0.717) is 6.42 Å². The Morgan fingerprint density at radius 3 is 2.56 bits per heavy atom. The first kappa shape index (κ1) is 15.2. The third kappa shape index (κ3) is 4.77. The molecule has 3 heteroatoms. The molecule has 0 amide bonds. The van der Waals surface area contributed by atoms with Gasteiger partial charge in [0.1, 0.15) is 0 Å². The smallest absolute Gasteiger partial charge is 0.165 e. The summed E-state index contributed by atoms with van der Waals surface area (Å²) >= 11 is 5.65. The number of halogens is 2. The Hall–Kier alpha value is -0.890. The molecule has 100 valence electrons. The van der Waals surface area contributed by atoms with Crippen LogP contribution in [0.15, 0.2) is 18.2 Å². The second kappa shape index (κ2) is 8.25. The fourth-order valence-electron chi connectivity index (χ4n) is 1.92. The summed E-state index contributed by atoms with van der Waals surface area (Å²) in [4.78, 5) is 11.8. The van der Waals surface area contributed by atoms with E-state index in [0.717, 1.165) is 19.3 Å². The van der Waals surface area contributed by atoms with Crippen molar-refractivity contribution in [3.05, 3.63) is 34.6 Å². The summed E-state index contributed by atoms with van der Waals surface area (Å²) in [6.07, 6.45) is 7.10. The monoisotopic (exact) mass is 270 g/mol. The van der Waals surface area contributed by atoms with Crippen molar-refractivity contribution in [3.8, 4) is 0 Å². The van der Waals surface area contributed by atoms with Crippen LogP contribution >= 0.6 is 11.6 Å². The summed E-state index contributed by atoms with van der Waals surface area (Å²) in [5.74, 6) is -0.736. The summed E-state index contributed by atoms with van der Waals surface area (Å²) in [6.45, 7) is 2.17. The lowest BCUT2D eigenvalue weighted by atomic mass is 10.0. The topological polar surface area (TPSA) is 17.1 Å². The Labute approximate surface area is 113 Å². The number of rotatable bonds is 8. The summed E-state index contributed by atoms with van der Waals surface area (Å²) in [6, 6.07) is 4.57. The molecule has 1 nitrogen and oxygen atoms in total. The maximum atomic E-state index is 13.6.